The number of unbranched alkanes of at least 4 members (excludes halogenated alkanes) is 1. The van der Waals surface area contributed by atoms with Gasteiger partial charge < -0.3 is 15.0 Å². The molecule has 2 rings (SSSR count). The smallest absolute Gasteiger partial charge is 0.261 e. The van der Waals surface area contributed by atoms with Gasteiger partial charge >= 0.3 is 0 Å². The van der Waals surface area contributed by atoms with E-state index in [1.54, 1.807) is 25.1 Å². The number of halogens is 2. The van der Waals surface area contributed by atoms with Crippen LogP contribution in [0.15, 0.2) is 42.5 Å². The van der Waals surface area contributed by atoms with Crippen LogP contribution in [0, 0.1) is 0 Å². The van der Waals surface area contributed by atoms with Crippen molar-refractivity contribution in [3.63, 3.8) is 0 Å². The number of ether oxygens (including phenoxy) is 1. The van der Waals surface area contributed by atoms with Crippen LogP contribution in [-0.2, 0) is 21.5 Å². The first-order valence-electron chi connectivity index (χ1n) is 11.3. The highest BCUT2D eigenvalue weighted by Gasteiger charge is 2.27. The molecule has 1 atom stereocenters. The Kier molecular flexibility index (Phi) is 10.1. The monoisotopic (exact) mass is 492 g/mol. The second kappa shape index (κ2) is 12.3. The summed E-state index contributed by atoms with van der Waals surface area (Å²) in [6, 6.07) is 12.1. The molecule has 2 aromatic carbocycles. The van der Waals surface area contributed by atoms with E-state index in [2.05, 4.69) is 33.0 Å². The van der Waals surface area contributed by atoms with Gasteiger partial charge in [-0.1, -0.05) is 75.5 Å². The normalized spacial score (nSPS) is 12.2. The molecule has 2 aromatic rings. The summed E-state index contributed by atoms with van der Waals surface area (Å²) in [5.74, 6) is 0.0330. The Morgan fingerprint density at radius 3 is 2.21 bits per heavy atom. The van der Waals surface area contributed by atoms with Crippen LogP contribution in [-0.4, -0.2) is 35.9 Å². The van der Waals surface area contributed by atoms with Crippen LogP contribution in [0.2, 0.25) is 10.0 Å². The van der Waals surface area contributed by atoms with Crippen molar-refractivity contribution < 1.29 is 14.3 Å². The summed E-state index contributed by atoms with van der Waals surface area (Å²) in [6.07, 6.45) is 1.84. The molecular formula is C26H34Cl2N2O3. The minimum atomic E-state index is -0.714. The number of hydrogen-bond acceptors (Lipinski definition) is 3. The van der Waals surface area contributed by atoms with Gasteiger partial charge in [-0.15, -0.1) is 0 Å². The van der Waals surface area contributed by atoms with Gasteiger partial charge in [0.15, 0.2) is 6.61 Å². The third-order valence-electron chi connectivity index (χ3n) is 5.47. The van der Waals surface area contributed by atoms with Crippen LogP contribution in [0.3, 0.4) is 0 Å². The molecule has 2 amide bonds. The molecule has 0 heterocycles. The predicted octanol–water partition coefficient (Wildman–Crippen LogP) is 6.00. The Bertz CT molecular complexity index is 919. The molecule has 0 fully saturated rings. The van der Waals surface area contributed by atoms with Gasteiger partial charge in [-0.2, -0.15) is 0 Å². The zero-order chi connectivity index (χ0) is 24.6. The maximum atomic E-state index is 13.2. The molecule has 0 unspecified atom stereocenters. The summed E-state index contributed by atoms with van der Waals surface area (Å²) in [4.78, 5) is 27.4. The highest BCUT2D eigenvalue weighted by atomic mass is 35.5. The van der Waals surface area contributed by atoms with Gasteiger partial charge in [0.1, 0.15) is 11.8 Å². The van der Waals surface area contributed by atoms with Crippen molar-refractivity contribution in [1.82, 2.24) is 10.2 Å². The number of amides is 2. The number of carbonyl (C=O) groups is 2. The van der Waals surface area contributed by atoms with E-state index < -0.39 is 6.04 Å². The fourth-order valence-electron chi connectivity index (χ4n) is 3.25. The third-order valence-corrected chi connectivity index (χ3v) is 6.18. The summed E-state index contributed by atoms with van der Waals surface area (Å²) in [6.45, 7) is 10.6. The number of nitrogens with zero attached hydrogens (tertiary/aromatic N) is 1. The SMILES string of the molecule is CCCCNC(=O)[C@H](C)N(Cc1c(Cl)cccc1Cl)C(=O)COc1ccc(C(C)(C)C)cc1. The Hall–Kier alpha value is -2.24. The van der Waals surface area contributed by atoms with Gasteiger partial charge in [0.25, 0.3) is 5.91 Å². The Balaban J connectivity index is 2.17. The van der Waals surface area contributed by atoms with Crippen molar-refractivity contribution in [2.75, 3.05) is 13.2 Å². The number of hydrogen-bond donors (Lipinski definition) is 1. The van der Waals surface area contributed by atoms with E-state index in [1.807, 2.05) is 24.3 Å². The first-order chi connectivity index (χ1) is 15.5. The summed E-state index contributed by atoms with van der Waals surface area (Å²) < 4.78 is 5.75. The van der Waals surface area contributed by atoms with E-state index in [0.717, 1.165) is 12.8 Å². The summed E-state index contributed by atoms with van der Waals surface area (Å²) in [5.41, 5.74) is 1.80. The molecule has 180 valence electrons. The minimum absolute atomic E-state index is 0.0277. The average molecular weight is 493 g/mol. The minimum Gasteiger partial charge on any atom is -0.484 e. The highest BCUT2D eigenvalue weighted by Crippen LogP contribution is 2.27. The van der Waals surface area contributed by atoms with Crippen LogP contribution in [0.5, 0.6) is 5.75 Å². The fraction of sp³-hybridized carbons (Fsp3) is 0.462. The molecule has 0 aliphatic heterocycles. The van der Waals surface area contributed by atoms with Crippen molar-refractivity contribution >= 4 is 35.0 Å². The summed E-state index contributed by atoms with van der Waals surface area (Å²) >= 11 is 12.7. The van der Waals surface area contributed by atoms with Crippen molar-refractivity contribution in [2.24, 2.45) is 0 Å². The zero-order valence-corrected chi connectivity index (χ0v) is 21.6. The standard InChI is InChI=1S/C26H34Cl2N2O3/c1-6-7-15-29-25(32)18(2)30(16-21-22(27)9-8-10-23(21)28)24(31)17-33-20-13-11-19(12-14-20)26(3,4)5/h8-14,18H,6-7,15-17H2,1-5H3,(H,29,32)/t18-/m0/s1. The molecule has 0 aromatic heterocycles. The van der Waals surface area contributed by atoms with Crippen molar-refractivity contribution in [3.8, 4) is 5.75 Å². The number of rotatable bonds is 10. The Morgan fingerprint density at radius 2 is 1.67 bits per heavy atom. The molecular weight excluding hydrogens is 459 g/mol. The number of nitrogens with one attached hydrogen (secondary N) is 1. The lowest BCUT2D eigenvalue weighted by atomic mass is 9.87. The predicted molar refractivity (Wildman–Crippen MR) is 135 cm³/mol. The average Bonchev–Trinajstić information content (AvgIpc) is 2.76. The molecule has 0 aliphatic carbocycles. The Labute approximate surface area is 207 Å². The van der Waals surface area contributed by atoms with Crippen LogP contribution in [0.25, 0.3) is 0 Å². The first kappa shape index (κ1) is 27.0. The topological polar surface area (TPSA) is 58.6 Å². The maximum absolute atomic E-state index is 13.2. The molecule has 0 saturated heterocycles. The van der Waals surface area contributed by atoms with Crippen molar-refractivity contribution in [2.45, 2.75) is 65.5 Å². The van der Waals surface area contributed by atoms with Crippen LogP contribution in [0.1, 0.15) is 58.6 Å². The lowest BCUT2D eigenvalue weighted by Gasteiger charge is -2.29. The molecule has 33 heavy (non-hydrogen) atoms. The van der Waals surface area contributed by atoms with E-state index in [0.29, 0.717) is 27.9 Å². The van der Waals surface area contributed by atoms with E-state index in [9.17, 15) is 9.59 Å². The second-order valence-corrected chi connectivity index (χ2v) is 9.92. The molecule has 5 nitrogen and oxygen atoms in total. The fourth-order valence-corrected chi connectivity index (χ4v) is 3.77. The van der Waals surface area contributed by atoms with Crippen LogP contribution < -0.4 is 10.1 Å². The van der Waals surface area contributed by atoms with Gasteiger partial charge in [0.2, 0.25) is 5.91 Å². The number of carbonyl (C=O) groups excluding carboxylic acids is 2. The first-order valence-corrected chi connectivity index (χ1v) is 12.0. The lowest BCUT2D eigenvalue weighted by Crippen LogP contribution is -2.49. The van der Waals surface area contributed by atoms with E-state index in [1.165, 1.54) is 10.5 Å². The molecule has 0 radical (unpaired) electrons. The van der Waals surface area contributed by atoms with E-state index >= 15 is 0 Å². The van der Waals surface area contributed by atoms with E-state index in [-0.39, 0.29) is 30.4 Å². The van der Waals surface area contributed by atoms with Crippen molar-refractivity contribution in [3.05, 3.63) is 63.6 Å². The molecule has 0 aliphatic rings. The largest absolute Gasteiger partial charge is 0.484 e. The molecule has 0 saturated carbocycles. The Morgan fingerprint density at radius 1 is 1.06 bits per heavy atom. The second-order valence-electron chi connectivity index (χ2n) is 9.11. The van der Waals surface area contributed by atoms with Crippen molar-refractivity contribution in [1.29, 1.82) is 0 Å². The molecule has 0 spiro atoms. The third kappa shape index (κ3) is 7.94. The van der Waals surface area contributed by atoms with Gasteiger partial charge in [-0.3, -0.25) is 9.59 Å². The highest BCUT2D eigenvalue weighted by molar-refractivity contribution is 6.36. The molecule has 1 N–H and O–H groups in total. The summed E-state index contributed by atoms with van der Waals surface area (Å²) in [5, 5.41) is 3.77. The van der Waals surface area contributed by atoms with Gasteiger partial charge in [0, 0.05) is 28.7 Å². The van der Waals surface area contributed by atoms with E-state index in [4.69, 9.17) is 27.9 Å². The van der Waals surface area contributed by atoms with Gasteiger partial charge in [-0.25, -0.2) is 0 Å². The number of benzene rings is 2. The maximum Gasteiger partial charge on any atom is 0.261 e. The lowest BCUT2D eigenvalue weighted by molar-refractivity contribution is -0.142. The van der Waals surface area contributed by atoms with Gasteiger partial charge in [-0.05, 0) is 48.6 Å². The zero-order valence-electron chi connectivity index (χ0n) is 20.1. The quantitative estimate of drug-likeness (QED) is 0.413. The van der Waals surface area contributed by atoms with Crippen LogP contribution in [0.4, 0.5) is 0 Å². The van der Waals surface area contributed by atoms with Crippen LogP contribution >= 0.6 is 23.2 Å². The molecule has 7 heteroatoms. The summed E-state index contributed by atoms with van der Waals surface area (Å²) in [7, 11) is 0. The van der Waals surface area contributed by atoms with Gasteiger partial charge in [0.05, 0.1) is 0 Å². The molecule has 0 bridgehead atoms.